The molecule has 0 unspecified atom stereocenters. The van der Waals surface area contributed by atoms with Crippen LogP contribution in [0.2, 0.25) is 0 Å². The molecule has 11 heteroatoms. The number of ether oxygens (including phenoxy) is 3. The van der Waals surface area contributed by atoms with Crippen LogP contribution in [0.15, 0.2) is 46.6 Å². The summed E-state index contributed by atoms with van der Waals surface area (Å²) in [6.45, 7) is -3.10. The van der Waals surface area contributed by atoms with Crippen molar-refractivity contribution in [2.75, 3.05) is 14.2 Å². The molecule has 0 atom stereocenters. The summed E-state index contributed by atoms with van der Waals surface area (Å²) in [5.74, 6) is -0.454. The third-order valence-corrected chi connectivity index (χ3v) is 6.21. The largest absolute Gasteiger partial charge is 0.493 e. The summed E-state index contributed by atoms with van der Waals surface area (Å²) in [4.78, 5) is 11.5. The summed E-state index contributed by atoms with van der Waals surface area (Å²) >= 11 is 0.814. The molecular formula is C18H15F2NO6S2. The lowest BCUT2D eigenvalue weighted by Crippen LogP contribution is -2.20. The molecule has 0 amide bonds. The van der Waals surface area contributed by atoms with Crippen LogP contribution < -0.4 is 19.1 Å². The van der Waals surface area contributed by atoms with Crippen molar-refractivity contribution in [3.05, 3.63) is 57.0 Å². The molecule has 0 saturated heterocycles. The lowest BCUT2D eigenvalue weighted by Gasteiger charge is -2.14. The van der Waals surface area contributed by atoms with E-state index in [1.807, 2.05) is 0 Å². The first kappa shape index (κ1) is 20.8. The monoisotopic (exact) mass is 443 g/mol. The Morgan fingerprint density at radius 2 is 1.72 bits per heavy atom. The van der Waals surface area contributed by atoms with Crippen molar-refractivity contribution < 1.29 is 31.4 Å². The number of halogens is 2. The van der Waals surface area contributed by atoms with Gasteiger partial charge < -0.3 is 14.2 Å². The molecule has 0 fully saturated rings. The number of aromatic nitrogens is 1. The summed E-state index contributed by atoms with van der Waals surface area (Å²) < 4.78 is 66.4. The number of rotatable bonds is 7. The van der Waals surface area contributed by atoms with Gasteiger partial charge in [-0.2, -0.15) is 12.8 Å². The SMILES string of the molecule is COc1cc(/C=C/S(=O)(=O)n2c(=O)sc3ccccc32)cc(OC)c1OC(F)F. The van der Waals surface area contributed by atoms with Gasteiger partial charge in [-0.15, -0.1) is 0 Å². The normalized spacial score (nSPS) is 12.0. The van der Waals surface area contributed by atoms with Crippen LogP contribution in [-0.2, 0) is 10.0 Å². The van der Waals surface area contributed by atoms with Crippen LogP contribution in [-0.4, -0.2) is 33.2 Å². The van der Waals surface area contributed by atoms with Gasteiger partial charge in [-0.1, -0.05) is 23.5 Å². The van der Waals surface area contributed by atoms with E-state index in [2.05, 4.69) is 4.74 Å². The van der Waals surface area contributed by atoms with Crippen molar-refractivity contribution in [2.24, 2.45) is 0 Å². The minimum Gasteiger partial charge on any atom is -0.493 e. The molecule has 0 spiro atoms. The Hall–Kier alpha value is -2.92. The molecule has 0 aliphatic rings. The molecule has 0 radical (unpaired) electrons. The summed E-state index contributed by atoms with van der Waals surface area (Å²) in [6.07, 6.45) is 1.20. The molecule has 3 rings (SSSR count). The number of thiazole rings is 1. The molecular weight excluding hydrogens is 428 g/mol. The van der Waals surface area contributed by atoms with Crippen LogP contribution in [0.25, 0.3) is 16.3 Å². The van der Waals surface area contributed by atoms with Gasteiger partial charge in [0.2, 0.25) is 5.75 Å². The van der Waals surface area contributed by atoms with Gasteiger partial charge in [0.05, 0.1) is 29.8 Å². The van der Waals surface area contributed by atoms with Crippen LogP contribution in [0.4, 0.5) is 8.78 Å². The van der Waals surface area contributed by atoms with Gasteiger partial charge in [0.25, 0.3) is 10.0 Å². The summed E-state index contributed by atoms with van der Waals surface area (Å²) in [7, 11) is -1.65. The maximum Gasteiger partial charge on any atom is 0.387 e. The Kier molecular flexibility index (Phi) is 5.89. The van der Waals surface area contributed by atoms with Crippen LogP contribution in [0, 0.1) is 0 Å². The quantitative estimate of drug-likeness (QED) is 0.556. The van der Waals surface area contributed by atoms with Crippen LogP contribution in [0.1, 0.15) is 5.56 Å². The van der Waals surface area contributed by atoms with Crippen molar-refractivity contribution in [3.63, 3.8) is 0 Å². The second-order valence-electron chi connectivity index (χ2n) is 5.58. The van der Waals surface area contributed by atoms with Gasteiger partial charge >= 0.3 is 11.5 Å². The lowest BCUT2D eigenvalue weighted by molar-refractivity contribution is -0.0526. The van der Waals surface area contributed by atoms with Crippen LogP contribution in [0.5, 0.6) is 17.2 Å². The first-order valence-corrected chi connectivity index (χ1v) is 10.3. The number of fused-ring (bicyclic) bond motifs is 1. The van der Waals surface area contributed by atoms with Crippen molar-refractivity contribution in [1.29, 1.82) is 0 Å². The second kappa shape index (κ2) is 8.21. The Morgan fingerprint density at radius 3 is 2.31 bits per heavy atom. The highest BCUT2D eigenvalue weighted by Gasteiger charge is 2.20. The summed E-state index contributed by atoms with van der Waals surface area (Å²) in [5, 5.41) is 0.843. The van der Waals surface area contributed by atoms with E-state index in [9.17, 15) is 22.0 Å². The molecule has 0 aliphatic carbocycles. The molecule has 0 saturated carbocycles. The lowest BCUT2D eigenvalue weighted by atomic mass is 10.2. The average molecular weight is 443 g/mol. The number of hydrogen-bond acceptors (Lipinski definition) is 7. The van der Waals surface area contributed by atoms with Gasteiger partial charge in [0, 0.05) is 0 Å². The van der Waals surface area contributed by atoms with Crippen LogP contribution in [0.3, 0.4) is 0 Å². The molecule has 1 heterocycles. The molecule has 0 N–H and O–H groups in total. The smallest absolute Gasteiger partial charge is 0.387 e. The van der Waals surface area contributed by atoms with Crippen molar-refractivity contribution >= 4 is 37.7 Å². The average Bonchev–Trinajstić information content (AvgIpc) is 3.03. The maximum absolute atomic E-state index is 12.7. The molecule has 29 heavy (non-hydrogen) atoms. The molecule has 2 aromatic carbocycles. The van der Waals surface area contributed by atoms with Gasteiger partial charge in [-0.3, -0.25) is 4.79 Å². The van der Waals surface area contributed by atoms with Crippen LogP contribution >= 0.6 is 11.3 Å². The molecule has 154 valence electrons. The zero-order valence-electron chi connectivity index (χ0n) is 15.2. The third kappa shape index (κ3) is 4.25. The van der Waals surface area contributed by atoms with E-state index >= 15 is 0 Å². The topological polar surface area (TPSA) is 83.8 Å². The predicted molar refractivity (Wildman–Crippen MR) is 106 cm³/mol. The van der Waals surface area contributed by atoms with E-state index in [4.69, 9.17) is 9.47 Å². The summed E-state index contributed by atoms with van der Waals surface area (Å²) in [6, 6.07) is 9.12. The number of nitrogens with zero attached hydrogens (tertiary/aromatic N) is 1. The Bertz CT molecular complexity index is 1210. The summed E-state index contributed by atoms with van der Waals surface area (Å²) in [5.41, 5.74) is 0.541. The molecule has 0 aliphatic heterocycles. The minimum absolute atomic E-state index is 0.0696. The maximum atomic E-state index is 12.7. The molecule has 7 nitrogen and oxygen atoms in total. The van der Waals surface area contributed by atoms with E-state index in [0.29, 0.717) is 8.67 Å². The number of alkyl halides is 2. The highest BCUT2D eigenvalue weighted by Crippen LogP contribution is 2.40. The third-order valence-electron chi connectivity index (χ3n) is 3.82. The standard InChI is InChI=1S/C18H15F2NO6S2/c1-25-13-9-11(10-14(26-2)16(13)27-17(19)20)7-8-29(23,24)21-12-5-3-4-6-15(12)28-18(21)22/h3-10,17H,1-2H3/b8-7+. The second-order valence-corrected chi connectivity index (χ2v) is 8.24. The fourth-order valence-electron chi connectivity index (χ4n) is 2.61. The van der Waals surface area contributed by atoms with E-state index in [1.54, 1.807) is 18.2 Å². The van der Waals surface area contributed by atoms with E-state index in [1.165, 1.54) is 38.5 Å². The molecule has 1 aromatic heterocycles. The zero-order valence-corrected chi connectivity index (χ0v) is 16.8. The molecule has 0 bridgehead atoms. The Morgan fingerprint density at radius 1 is 1.10 bits per heavy atom. The number of para-hydroxylation sites is 1. The van der Waals surface area contributed by atoms with E-state index in [-0.39, 0.29) is 28.3 Å². The number of hydrogen-bond donors (Lipinski definition) is 0. The Labute approximate surface area is 168 Å². The fourth-order valence-corrected chi connectivity index (χ4v) is 4.97. The van der Waals surface area contributed by atoms with Crippen molar-refractivity contribution in [3.8, 4) is 17.2 Å². The van der Waals surface area contributed by atoms with Gasteiger partial charge in [-0.25, -0.2) is 8.42 Å². The van der Waals surface area contributed by atoms with Crippen molar-refractivity contribution in [1.82, 2.24) is 3.97 Å². The minimum atomic E-state index is -4.14. The fraction of sp³-hybridized carbons (Fsp3) is 0.167. The highest BCUT2D eigenvalue weighted by molar-refractivity contribution is 7.93. The molecule has 3 aromatic rings. The zero-order chi connectivity index (χ0) is 21.2. The number of methoxy groups -OCH3 is 2. The van der Waals surface area contributed by atoms with Crippen molar-refractivity contribution in [2.45, 2.75) is 6.61 Å². The Balaban J connectivity index is 2.04. The predicted octanol–water partition coefficient (Wildman–Crippen LogP) is 3.53. The van der Waals surface area contributed by atoms with Gasteiger partial charge in [-0.05, 0) is 35.9 Å². The van der Waals surface area contributed by atoms with Gasteiger partial charge in [0.1, 0.15) is 0 Å². The van der Waals surface area contributed by atoms with E-state index in [0.717, 1.165) is 16.7 Å². The van der Waals surface area contributed by atoms with E-state index < -0.39 is 21.5 Å². The number of benzene rings is 2. The highest BCUT2D eigenvalue weighted by atomic mass is 32.2. The first-order chi connectivity index (χ1) is 13.8. The van der Waals surface area contributed by atoms with Gasteiger partial charge in [0.15, 0.2) is 11.5 Å². The first-order valence-electron chi connectivity index (χ1n) is 8.02.